The second-order valence-corrected chi connectivity index (χ2v) is 6.42. The van der Waals surface area contributed by atoms with E-state index in [-0.39, 0.29) is 16.0 Å². The molecule has 1 saturated heterocycles. The molecular formula is C15H19ClF3NO2S. The molecule has 1 aliphatic heterocycles. The third-order valence-corrected chi connectivity index (χ3v) is 4.81. The molecule has 1 atom stereocenters. The lowest BCUT2D eigenvalue weighted by Gasteiger charge is -2.20. The van der Waals surface area contributed by atoms with Crippen LogP contribution in [0.15, 0.2) is 18.2 Å². The molecule has 0 amide bonds. The van der Waals surface area contributed by atoms with E-state index >= 15 is 0 Å². The smallest absolute Gasteiger partial charge is 0.417 e. The Hall–Kier alpha value is -1.08. The number of benzene rings is 1. The van der Waals surface area contributed by atoms with Crippen molar-refractivity contribution in [2.45, 2.75) is 31.7 Å². The van der Waals surface area contributed by atoms with Crippen LogP contribution in [0.4, 0.5) is 18.9 Å². The molecule has 130 valence electrons. The summed E-state index contributed by atoms with van der Waals surface area (Å²) in [5.74, 6) is -0.878. The van der Waals surface area contributed by atoms with Crippen LogP contribution in [0.1, 0.15) is 25.8 Å². The van der Waals surface area contributed by atoms with Crippen LogP contribution < -0.4 is 4.90 Å². The zero-order valence-corrected chi connectivity index (χ0v) is 14.4. The van der Waals surface area contributed by atoms with Gasteiger partial charge < -0.3 is 10.0 Å². The standard InChI is InChI=1S/C13H13ClF3NO2S.C2H6/c14-11-2-1-8(5-10(11)13(15,16)17)18-4-3-9(6-18)21-7-12(19)20;1-2/h1-2,5,9H,3-4,6-7H2,(H,19,20);1-2H3. The van der Waals surface area contributed by atoms with Gasteiger partial charge in [0.2, 0.25) is 0 Å². The van der Waals surface area contributed by atoms with Crippen LogP contribution in [0.25, 0.3) is 0 Å². The number of carboxylic acids is 1. The Kier molecular flexibility index (Phi) is 7.54. The van der Waals surface area contributed by atoms with E-state index in [9.17, 15) is 18.0 Å². The molecule has 0 spiro atoms. The molecule has 1 heterocycles. The van der Waals surface area contributed by atoms with Gasteiger partial charge in [-0.2, -0.15) is 13.2 Å². The van der Waals surface area contributed by atoms with Crippen molar-refractivity contribution in [1.29, 1.82) is 0 Å². The maximum atomic E-state index is 12.8. The Bertz CT molecular complexity index is 540. The summed E-state index contributed by atoms with van der Waals surface area (Å²) in [7, 11) is 0. The second kappa shape index (κ2) is 8.68. The van der Waals surface area contributed by atoms with Crippen molar-refractivity contribution in [2.24, 2.45) is 0 Å². The molecule has 3 nitrogen and oxygen atoms in total. The molecule has 0 radical (unpaired) electrons. The SMILES string of the molecule is CC.O=C(O)CSC1CCN(c2ccc(Cl)c(C(F)(F)F)c2)C1. The number of nitrogens with zero attached hydrogens (tertiary/aromatic N) is 1. The Morgan fingerprint density at radius 2 is 2.09 bits per heavy atom. The van der Waals surface area contributed by atoms with Crippen LogP contribution in [0.5, 0.6) is 0 Å². The zero-order valence-electron chi connectivity index (χ0n) is 12.9. The summed E-state index contributed by atoms with van der Waals surface area (Å²) in [6.07, 6.45) is -3.73. The number of rotatable bonds is 4. The van der Waals surface area contributed by atoms with Crippen LogP contribution in [0, 0.1) is 0 Å². The van der Waals surface area contributed by atoms with Crippen molar-refractivity contribution in [3.63, 3.8) is 0 Å². The third kappa shape index (κ3) is 5.80. The van der Waals surface area contributed by atoms with Crippen LogP contribution >= 0.6 is 23.4 Å². The quantitative estimate of drug-likeness (QED) is 0.829. The topological polar surface area (TPSA) is 40.5 Å². The lowest BCUT2D eigenvalue weighted by atomic mass is 10.2. The molecule has 8 heteroatoms. The van der Waals surface area contributed by atoms with Crippen molar-refractivity contribution in [3.8, 4) is 0 Å². The van der Waals surface area contributed by atoms with Gasteiger partial charge >= 0.3 is 12.1 Å². The number of carbonyl (C=O) groups is 1. The minimum absolute atomic E-state index is 0.00687. The Labute approximate surface area is 142 Å². The van der Waals surface area contributed by atoms with Crippen molar-refractivity contribution >= 4 is 35.0 Å². The maximum absolute atomic E-state index is 12.8. The van der Waals surface area contributed by atoms with Gasteiger partial charge in [-0.15, -0.1) is 11.8 Å². The maximum Gasteiger partial charge on any atom is 0.417 e. The summed E-state index contributed by atoms with van der Waals surface area (Å²) in [5.41, 5.74) is -0.381. The highest BCUT2D eigenvalue weighted by Gasteiger charge is 2.34. The Balaban J connectivity index is 0.00000127. The number of hydrogen-bond acceptors (Lipinski definition) is 3. The minimum atomic E-state index is -4.48. The van der Waals surface area contributed by atoms with Gasteiger partial charge in [-0.05, 0) is 24.6 Å². The van der Waals surface area contributed by atoms with E-state index in [1.165, 1.54) is 17.8 Å². The van der Waals surface area contributed by atoms with Gasteiger partial charge in [0, 0.05) is 24.0 Å². The van der Waals surface area contributed by atoms with E-state index in [1.54, 1.807) is 6.07 Å². The fraction of sp³-hybridized carbons (Fsp3) is 0.533. The first-order valence-corrected chi connectivity index (χ1v) is 8.65. The van der Waals surface area contributed by atoms with Gasteiger partial charge in [0.05, 0.1) is 16.3 Å². The number of aliphatic carboxylic acids is 1. The molecule has 0 aliphatic carbocycles. The number of hydrogen-bond donors (Lipinski definition) is 1. The lowest BCUT2D eigenvalue weighted by molar-refractivity contribution is -0.137. The predicted molar refractivity (Wildman–Crippen MR) is 88.5 cm³/mol. The van der Waals surface area contributed by atoms with Crippen LogP contribution in [0.3, 0.4) is 0 Å². The van der Waals surface area contributed by atoms with Crippen molar-refractivity contribution in [1.82, 2.24) is 0 Å². The molecule has 0 saturated carbocycles. The molecule has 2 rings (SSSR count). The first-order valence-electron chi connectivity index (χ1n) is 7.22. The average Bonchev–Trinajstić information content (AvgIpc) is 2.95. The summed E-state index contributed by atoms with van der Waals surface area (Å²) in [4.78, 5) is 12.4. The minimum Gasteiger partial charge on any atom is -0.481 e. The molecule has 23 heavy (non-hydrogen) atoms. The molecular weight excluding hydrogens is 351 g/mol. The molecule has 0 bridgehead atoms. The van der Waals surface area contributed by atoms with Crippen LogP contribution in [-0.2, 0) is 11.0 Å². The van der Waals surface area contributed by atoms with Gasteiger partial charge in [0.25, 0.3) is 0 Å². The molecule has 0 aromatic heterocycles. The Morgan fingerprint density at radius 1 is 1.43 bits per heavy atom. The fourth-order valence-electron chi connectivity index (χ4n) is 2.22. The highest BCUT2D eigenvalue weighted by atomic mass is 35.5. The average molecular weight is 370 g/mol. The normalized spacial score (nSPS) is 17.7. The molecule has 1 unspecified atom stereocenters. The number of alkyl halides is 3. The van der Waals surface area contributed by atoms with E-state index < -0.39 is 17.7 Å². The van der Waals surface area contributed by atoms with E-state index in [4.69, 9.17) is 16.7 Å². The van der Waals surface area contributed by atoms with E-state index in [0.29, 0.717) is 18.8 Å². The largest absolute Gasteiger partial charge is 0.481 e. The fourth-order valence-corrected chi connectivity index (χ4v) is 3.38. The molecule has 1 aliphatic rings. The zero-order chi connectivity index (χ0) is 17.6. The van der Waals surface area contributed by atoms with Gasteiger partial charge in [-0.3, -0.25) is 4.79 Å². The van der Waals surface area contributed by atoms with E-state index in [2.05, 4.69) is 0 Å². The molecule has 1 aromatic rings. The predicted octanol–water partition coefficient (Wildman–Crippen LogP) is 4.78. The number of anilines is 1. The first kappa shape index (κ1) is 20.0. The van der Waals surface area contributed by atoms with Gasteiger partial charge in [0.15, 0.2) is 0 Å². The monoisotopic (exact) mass is 369 g/mol. The van der Waals surface area contributed by atoms with E-state index in [0.717, 1.165) is 12.5 Å². The number of halogens is 4. The van der Waals surface area contributed by atoms with E-state index in [1.807, 2.05) is 18.7 Å². The lowest BCUT2D eigenvalue weighted by Crippen LogP contribution is -2.21. The molecule has 1 N–H and O–H groups in total. The molecule has 1 aromatic carbocycles. The van der Waals surface area contributed by atoms with Gasteiger partial charge in [0.1, 0.15) is 0 Å². The first-order chi connectivity index (χ1) is 10.8. The molecule has 1 fully saturated rings. The van der Waals surface area contributed by atoms with Crippen molar-refractivity contribution < 1.29 is 23.1 Å². The highest BCUT2D eigenvalue weighted by Crippen LogP contribution is 2.38. The third-order valence-electron chi connectivity index (χ3n) is 3.21. The second-order valence-electron chi connectivity index (χ2n) is 4.72. The van der Waals surface area contributed by atoms with Crippen molar-refractivity contribution in [2.75, 3.05) is 23.7 Å². The summed E-state index contributed by atoms with van der Waals surface area (Å²) < 4.78 is 38.5. The number of thioether (sulfide) groups is 1. The van der Waals surface area contributed by atoms with Crippen molar-refractivity contribution in [3.05, 3.63) is 28.8 Å². The number of carboxylic acid groups (broad SMARTS) is 1. The van der Waals surface area contributed by atoms with Crippen LogP contribution in [-0.4, -0.2) is 35.2 Å². The van der Waals surface area contributed by atoms with Gasteiger partial charge in [-0.1, -0.05) is 25.4 Å². The summed E-state index contributed by atoms with van der Waals surface area (Å²) in [6, 6.07) is 3.85. The summed E-state index contributed by atoms with van der Waals surface area (Å²) >= 11 is 6.91. The van der Waals surface area contributed by atoms with Gasteiger partial charge in [-0.25, -0.2) is 0 Å². The highest BCUT2D eigenvalue weighted by molar-refractivity contribution is 8.00. The van der Waals surface area contributed by atoms with Crippen LogP contribution in [0.2, 0.25) is 5.02 Å². The Morgan fingerprint density at radius 3 is 2.65 bits per heavy atom. The summed E-state index contributed by atoms with van der Waals surface area (Å²) in [5, 5.41) is 8.44. The summed E-state index contributed by atoms with van der Waals surface area (Å²) in [6.45, 7) is 5.15.